The van der Waals surface area contributed by atoms with Gasteiger partial charge >= 0.3 is 12.1 Å². The number of carbonyl (C=O) groups excluding carboxylic acids is 2. The van der Waals surface area contributed by atoms with Crippen molar-refractivity contribution in [2.24, 2.45) is 5.92 Å². The topological polar surface area (TPSA) is 98.5 Å². The maximum atomic E-state index is 13.1. The van der Waals surface area contributed by atoms with Gasteiger partial charge in [-0.15, -0.1) is 0 Å². The minimum atomic E-state index is -4.91. The van der Waals surface area contributed by atoms with Crippen LogP contribution in [0.1, 0.15) is 51.0 Å². The van der Waals surface area contributed by atoms with Gasteiger partial charge in [0.15, 0.2) is 6.10 Å². The van der Waals surface area contributed by atoms with Crippen LogP contribution in [-0.2, 0) is 20.5 Å². The van der Waals surface area contributed by atoms with Gasteiger partial charge in [-0.2, -0.15) is 13.2 Å². The molecule has 1 aliphatic carbocycles. The molecule has 1 amide bonds. The number of amides is 1. The molecule has 0 aliphatic heterocycles. The van der Waals surface area contributed by atoms with Crippen molar-refractivity contribution in [1.82, 2.24) is 0 Å². The lowest BCUT2D eigenvalue weighted by Crippen LogP contribution is -2.30. The Bertz CT molecular complexity index is 745. The number of hydrogen-bond donors (Lipinski definition) is 1. The van der Waals surface area contributed by atoms with E-state index in [1.54, 1.807) is 0 Å². The van der Waals surface area contributed by atoms with Gasteiger partial charge in [-0.25, -0.2) is 0 Å². The van der Waals surface area contributed by atoms with Crippen LogP contribution < -0.4 is 5.32 Å². The zero-order chi connectivity index (χ0) is 20.9. The van der Waals surface area contributed by atoms with E-state index in [-0.39, 0.29) is 6.42 Å². The molecule has 2 rings (SSSR count). The molecule has 0 saturated heterocycles. The number of esters is 1. The normalized spacial score (nSPS) is 15.9. The predicted molar refractivity (Wildman–Crippen MR) is 93.5 cm³/mol. The number of non-ortho nitro benzene ring substituents is 1. The highest BCUT2D eigenvalue weighted by Gasteiger charge is 2.36. The summed E-state index contributed by atoms with van der Waals surface area (Å²) in [5, 5.41) is 12.7. The monoisotopic (exact) mass is 402 g/mol. The molecule has 0 spiro atoms. The smallest absolute Gasteiger partial charge is 0.418 e. The molecule has 0 aromatic heterocycles. The third kappa shape index (κ3) is 5.93. The Balaban J connectivity index is 1.98. The lowest BCUT2D eigenvalue weighted by molar-refractivity contribution is -0.385. The molecule has 1 fully saturated rings. The van der Waals surface area contributed by atoms with Crippen LogP contribution in [0.25, 0.3) is 0 Å². The maximum Gasteiger partial charge on any atom is 0.418 e. The van der Waals surface area contributed by atoms with Crippen molar-refractivity contribution >= 4 is 23.3 Å². The van der Waals surface area contributed by atoms with E-state index >= 15 is 0 Å². The number of ether oxygens (including phenoxy) is 1. The average Bonchev–Trinajstić information content (AvgIpc) is 3.12. The van der Waals surface area contributed by atoms with Gasteiger partial charge in [-0.05, 0) is 25.3 Å². The fourth-order valence-corrected chi connectivity index (χ4v) is 3.15. The van der Waals surface area contributed by atoms with E-state index in [0.29, 0.717) is 18.4 Å². The van der Waals surface area contributed by atoms with E-state index in [9.17, 15) is 32.9 Å². The third-order valence-corrected chi connectivity index (χ3v) is 4.69. The molecule has 7 nitrogen and oxygen atoms in total. The van der Waals surface area contributed by atoms with E-state index < -0.39 is 46.0 Å². The molecule has 1 unspecified atom stereocenters. The van der Waals surface area contributed by atoms with E-state index in [1.807, 2.05) is 5.32 Å². The second kappa shape index (κ2) is 9.03. The first-order valence-electron chi connectivity index (χ1n) is 8.94. The van der Waals surface area contributed by atoms with E-state index in [0.717, 1.165) is 37.8 Å². The highest BCUT2D eigenvalue weighted by Crippen LogP contribution is 2.37. The minimum absolute atomic E-state index is 0.146. The van der Waals surface area contributed by atoms with Gasteiger partial charge in [0.1, 0.15) is 0 Å². The number of rotatable bonds is 7. The largest absolute Gasteiger partial charge is 0.453 e. The summed E-state index contributed by atoms with van der Waals surface area (Å²) >= 11 is 0. The number of halogens is 3. The summed E-state index contributed by atoms with van der Waals surface area (Å²) in [6.07, 6.45) is -1.01. The molecule has 1 N–H and O–H groups in total. The second-order valence-electron chi connectivity index (χ2n) is 6.80. The molecule has 0 radical (unpaired) electrons. The first-order chi connectivity index (χ1) is 13.1. The minimum Gasteiger partial charge on any atom is -0.453 e. The summed E-state index contributed by atoms with van der Waals surface area (Å²) in [5.74, 6) is -1.08. The fourth-order valence-electron chi connectivity index (χ4n) is 3.15. The van der Waals surface area contributed by atoms with Crippen LogP contribution in [0.3, 0.4) is 0 Å². The van der Waals surface area contributed by atoms with Gasteiger partial charge in [0.2, 0.25) is 0 Å². The van der Waals surface area contributed by atoms with Gasteiger partial charge in [0.25, 0.3) is 11.6 Å². The third-order valence-electron chi connectivity index (χ3n) is 4.69. The number of nitrogens with one attached hydrogen (secondary N) is 1. The van der Waals surface area contributed by atoms with E-state index in [2.05, 4.69) is 0 Å². The van der Waals surface area contributed by atoms with Gasteiger partial charge in [-0.1, -0.05) is 25.7 Å². The number of nitrogens with zero attached hydrogens (tertiary/aromatic N) is 1. The van der Waals surface area contributed by atoms with Crippen LogP contribution in [0.15, 0.2) is 18.2 Å². The molecule has 0 bridgehead atoms. The van der Waals surface area contributed by atoms with Gasteiger partial charge in [0, 0.05) is 18.6 Å². The fraction of sp³-hybridized carbons (Fsp3) is 0.556. The molecule has 154 valence electrons. The Labute approximate surface area is 159 Å². The van der Waals surface area contributed by atoms with E-state index in [1.165, 1.54) is 6.92 Å². The first kappa shape index (κ1) is 21.6. The second-order valence-corrected chi connectivity index (χ2v) is 6.80. The van der Waals surface area contributed by atoms with Crippen LogP contribution >= 0.6 is 0 Å². The number of benzene rings is 1. The Kier molecular flexibility index (Phi) is 6.98. The maximum absolute atomic E-state index is 13.1. The van der Waals surface area contributed by atoms with Crippen molar-refractivity contribution < 1.29 is 32.4 Å². The molecule has 1 aliphatic rings. The number of anilines is 1. The lowest BCUT2D eigenvalue weighted by Gasteiger charge is -2.17. The Hall–Kier alpha value is -2.65. The number of hydrogen-bond acceptors (Lipinski definition) is 5. The highest BCUT2D eigenvalue weighted by molar-refractivity contribution is 5.95. The van der Waals surface area contributed by atoms with Gasteiger partial charge in [-0.3, -0.25) is 19.7 Å². The molecule has 0 heterocycles. The highest BCUT2D eigenvalue weighted by atomic mass is 19.4. The molecular weight excluding hydrogens is 381 g/mol. The molecule has 1 atom stereocenters. The summed E-state index contributed by atoms with van der Waals surface area (Å²) < 4.78 is 44.4. The van der Waals surface area contributed by atoms with E-state index in [4.69, 9.17) is 4.74 Å². The zero-order valence-electron chi connectivity index (χ0n) is 15.3. The van der Waals surface area contributed by atoms with Crippen LogP contribution in [0.4, 0.5) is 24.5 Å². The molecule has 1 aromatic carbocycles. The van der Waals surface area contributed by atoms with Crippen molar-refractivity contribution in [2.75, 3.05) is 5.32 Å². The van der Waals surface area contributed by atoms with Crippen molar-refractivity contribution in [3.05, 3.63) is 33.9 Å². The summed E-state index contributed by atoms with van der Waals surface area (Å²) in [6.45, 7) is 1.25. The summed E-state index contributed by atoms with van der Waals surface area (Å²) in [6, 6.07) is 1.99. The molecule has 1 aromatic rings. The molecule has 1 saturated carbocycles. The first-order valence-corrected chi connectivity index (χ1v) is 8.94. The van der Waals surface area contributed by atoms with Crippen LogP contribution in [-0.4, -0.2) is 22.9 Å². The van der Waals surface area contributed by atoms with Crippen LogP contribution in [0, 0.1) is 16.0 Å². The zero-order valence-corrected chi connectivity index (χ0v) is 15.3. The van der Waals surface area contributed by atoms with Gasteiger partial charge in [0.05, 0.1) is 16.2 Å². The quantitative estimate of drug-likeness (QED) is 0.413. The van der Waals surface area contributed by atoms with Crippen LogP contribution in [0.2, 0.25) is 0 Å². The van der Waals surface area contributed by atoms with Crippen molar-refractivity contribution in [1.29, 1.82) is 0 Å². The molecule has 10 heteroatoms. The van der Waals surface area contributed by atoms with Crippen molar-refractivity contribution in [3.63, 3.8) is 0 Å². The van der Waals surface area contributed by atoms with Crippen molar-refractivity contribution in [2.45, 2.75) is 57.7 Å². The number of carbonyl (C=O) groups is 2. The Morgan fingerprint density at radius 2 is 1.96 bits per heavy atom. The summed E-state index contributed by atoms with van der Waals surface area (Å²) in [7, 11) is 0. The Morgan fingerprint density at radius 3 is 2.54 bits per heavy atom. The number of nitro benzene ring substituents is 1. The standard InChI is InChI=1S/C18H21F3N2O5/c1-11(28-16(24)9-6-12-4-2-3-5-12)17(25)22-15-8-7-13(23(26)27)10-14(15)18(19,20)21/h7-8,10-12H,2-6,9H2,1H3,(H,22,25). The summed E-state index contributed by atoms with van der Waals surface area (Å²) in [5.41, 5.74) is -2.75. The predicted octanol–water partition coefficient (Wildman–Crippen LogP) is 4.45. The number of nitro groups is 1. The molecule has 28 heavy (non-hydrogen) atoms. The van der Waals surface area contributed by atoms with Gasteiger partial charge < -0.3 is 10.1 Å². The SMILES string of the molecule is CC(OC(=O)CCC1CCCC1)C(=O)Nc1ccc([N+](=O)[O-])cc1C(F)(F)F. The molecular formula is C18H21F3N2O5. The average molecular weight is 402 g/mol. The Morgan fingerprint density at radius 1 is 1.32 bits per heavy atom. The number of alkyl halides is 3. The lowest BCUT2D eigenvalue weighted by atomic mass is 10.0. The van der Waals surface area contributed by atoms with Crippen LogP contribution in [0.5, 0.6) is 0 Å². The van der Waals surface area contributed by atoms with Crippen molar-refractivity contribution in [3.8, 4) is 0 Å². The summed E-state index contributed by atoms with van der Waals surface area (Å²) in [4.78, 5) is 33.7.